The summed E-state index contributed by atoms with van der Waals surface area (Å²) in [4.78, 5) is 27.0. The van der Waals surface area contributed by atoms with Crippen LogP contribution in [0.15, 0.2) is 18.3 Å². The maximum absolute atomic E-state index is 11.7. The zero-order valence-corrected chi connectivity index (χ0v) is 10.4. The quantitative estimate of drug-likeness (QED) is 0.684. The molecule has 0 spiro atoms. The van der Waals surface area contributed by atoms with Crippen LogP contribution in [0.2, 0.25) is 0 Å². The number of carbonyl (C=O) groups is 2. The van der Waals surface area contributed by atoms with Crippen LogP contribution >= 0.6 is 0 Å². The number of aliphatic hydroxyl groups excluding tert-OH is 1. The average Bonchev–Trinajstić information content (AvgIpc) is 2.37. The third-order valence-electron chi connectivity index (χ3n) is 2.33. The Kier molecular flexibility index (Phi) is 5.26. The van der Waals surface area contributed by atoms with Crippen molar-refractivity contribution in [2.75, 3.05) is 13.6 Å². The fourth-order valence-electron chi connectivity index (χ4n) is 1.32. The van der Waals surface area contributed by atoms with Gasteiger partial charge in [0.15, 0.2) is 0 Å². The van der Waals surface area contributed by atoms with Crippen molar-refractivity contribution in [1.82, 2.24) is 15.6 Å². The largest absolute Gasteiger partial charge is 0.393 e. The Bertz CT molecular complexity index is 432. The summed E-state index contributed by atoms with van der Waals surface area (Å²) in [7, 11) is 1.50. The van der Waals surface area contributed by atoms with Gasteiger partial charge in [0.05, 0.1) is 6.10 Å². The predicted molar refractivity (Wildman–Crippen MR) is 66.3 cm³/mol. The summed E-state index contributed by atoms with van der Waals surface area (Å²) in [6.45, 7) is 2.04. The third kappa shape index (κ3) is 4.14. The van der Waals surface area contributed by atoms with E-state index in [-0.39, 0.29) is 17.5 Å². The van der Waals surface area contributed by atoms with Crippen molar-refractivity contribution in [3.8, 4) is 0 Å². The van der Waals surface area contributed by atoms with E-state index in [9.17, 15) is 9.59 Å². The SMILES string of the molecule is CNC(=O)c1cc(C(=O)NCCC(C)O)ccn1. The minimum Gasteiger partial charge on any atom is -0.393 e. The lowest BCUT2D eigenvalue weighted by molar-refractivity contribution is 0.0945. The van der Waals surface area contributed by atoms with Gasteiger partial charge in [-0.15, -0.1) is 0 Å². The molecule has 0 aliphatic rings. The molecule has 18 heavy (non-hydrogen) atoms. The molecule has 2 amide bonds. The van der Waals surface area contributed by atoms with E-state index in [4.69, 9.17) is 5.11 Å². The maximum atomic E-state index is 11.7. The van der Waals surface area contributed by atoms with Crippen LogP contribution in [0.3, 0.4) is 0 Å². The monoisotopic (exact) mass is 251 g/mol. The Hall–Kier alpha value is -1.95. The van der Waals surface area contributed by atoms with Crippen molar-refractivity contribution < 1.29 is 14.7 Å². The Morgan fingerprint density at radius 2 is 2.17 bits per heavy atom. The van der Waals surface area contributed by atoms with Gasteiger partial charge in [-0.2, -0.15) is 0 Å². The van der Waals surface area contributed by atoms with Crippen molar-refractivity contribution in [2.24, 2.45) is 0 Å². The maximum Gasteiger partial charge on any atom is 0.269 e. The molecule has 6 nitrogen and oxygen atoms in total. The molecule has 1 rings (SSSR count). The van der Waals surface area contributed by atoms with Crippen LogP contribution in [0.5, 0.6) is 0 Å². The summed E-state index contributed by atoms with van der Waals surface area (Å²) < 4.78 is 0. The second-order valence-corrected chi connectivity index (χ2v) is 3.90. The lowest BCUT2D eigenvalue weighted by Crippen LogP contribution is -2.27. The summed E-state index contributed by atoms with van der Waals surface area (Å²) >= 11 is 0. The van der Waals surface area contributed by atoms with Crippen molar-refractivity contribution in [3.05, 3.63) is 29.6 Å². The zero-order chi connectivity index (χ0) is 13.5. The van der Waals surface area contributed by atoms with Crippen molar-refractivity contribution in [1.29, 1.82) is 0 Å². The zero-order valence-electron chi connectivity index (χ0n) is 10.4. The highest BCUT2D eigenvalue weighted by atomic mass is 16.3. The predicted octanol–water partition coefficient (Wildman–Crippen LogP) is -0.0581. The third-order valence-corrected chi connectivity index (χ3v) is 2.33. The van der Waals surface area contributed by atoms with E-state index < -0.39 is 6.10 Å². The van der Waals surface area contributed by atoms with E-state index in [1.807, 2.05) is 0 Å². The Labute approximate surface area is 105 Å². The molecule has 1 aromatic heterocycles. The van der Waals surface area contributed by atoms with Gasteiger partial charge in [-0.05, 0) is 25.5 Å². The highest BCUT2D eigenvalue weighted by molar-refractivity contribution is 5.98. The number of hydrogen-bond acceptors (Lipinski definition) is 4. The average molecular weight is 251 g/mol. The number of nitrogens with one attached hydrogen (secondary N) is 2. The molecule has 0 aromatic carbocycles. The standard InChI is InChI=1S/C12H17N3O3/c1-8(16)3-5-15-11(17)9-4-6-14-10(7-9)12(18)13-2/h4,6-8,16H,3,5H2,1-2H3,(H,13,18)(H,15,17). The van der Waals surface area contributed by atoms with E-state index in [0.29, 0.717) is 18.5 Å². The molecule has 1 unspecified atom stereocenters. The molecular weight excluding hydrogens is 234 g/mol. The number of aromatic nitrogens is 1. The van der Waals surface area contributed by atoms with Gasteiger partial charge < -0.3 is 15.7 Å². The number of amides is 2. The van der Waals surface area contributed by atoms with Gasteiger partial charge in [-0.1, -0.05) is 0 Å². The molecule has 1 atom stereocenters. The number of aliphatic hydroxyl groups is 1. The summed E-state index contributed by atoms with van der Waals surface area (Å²) in [5, 5.41) is 14.2. The van der Waals surface area contributed by atoms with Gasteiger partial charge in [0.2, 0.25) is 0 Å². The van der Waals surface area contributed by atoms with Gasteiger partial charge in [0.25, 0.3) is 11.8 Å². The smallest absolute Gasteiger partial charge is 0.269 e. The Morgan fingerprint density at radius 3 is 2.78 bits per heavy atom. The van der Waals surface area contributed by atoms with Gasteiger partial charge in [0.1, 0.15) is 5.69 Å². The molecule has 0 bridgehead atoms. The van der Waals surface area contributed by atoms with E-state index in [1.54, 1.807) is 6.92 Å². The molecule has 3 N–H and O–H groups in total. The Balaban J connectivity index is 2.65. The number of hydrogen-bond donors (Lipinski definition) is 3. The minimum absolute atomic E-state index is 0.195. The van der Waals surface area contributed by atoms with E-state index in [1.165, 1.54) is 25.4 Å². The second-order valence-electron chi connectivity index (χ2n) is 3.90. The topological polar surface area (TPSA) is 91.3 Å². The lowest BCUT2D eigenvalue weighted by atomic mass is 10.2. The summed E-state index contributed by atoms with van der Waals surface area (Å²) in [6.07, 6.45) is 1.44. The first-order valence-electron chi connectivity index (χ1n) is 5.69. The molecule has 0 saturated heterocycles. The van der Waals surface area contributed by atoms with Crippen LogP contribution in [-0.4, -0.2) is 41.6 Å². The lowest BCUT2D eigenvalue weighted by Gasteiger charge is -2.07. The fraction of sp³-hybridized carbons (Fsp3) is 0.417. The van der Waals surface area contributed by atoms with Gasteiger partial charge in [-0.25, -0.2) is 0 Å². The molecule has 1 aromatic rings. The van der Waals surface area contributed by atoms with Crippen molar-refractivity contribution in [3.63, 3.8) is 0 Å². The normalized spacial score (nSPS) is 11.7. The van der Waals surface area contributed by atoms with Crippen LogP contribution in [0, 0.1) is 0 Å². The highest BCUT2D eigenvalue weighted by Crippen LogP contribution is 2.02. The van der Waals surface area contributed by atoms with Crippen LogP contribution in [0.4, 0.5) is 0 Å². The summed E-state index contributed by atoms with van der Waals surface area (Å²) in [6, 6.07) is 2.96. The van der Waals surface area contributed by atoms with Gasteiger partial charge in [0, 0.05) is 25.4 Å². The van der Waals surface area contributed by atoms with Crippen LogP contribution in [-0.2, 0) is 0 Å². The number of nitrogens with zero attached hydrogens (tertiary/aromatic N) is 1. The van der Waals surface area contributed by atoms with Gasteiger partial charge >= 0.3 is 0 Å². The van der Waals surface area contributed by atoms with Crippen LogP contribution in [0.1, 0.15) is 34.2 Å². The number of rotatable bonds is 5. The highest BCUT2D eigenvalue weighted by Gasteiger charge is 2.10. The Morgan fingerprint density at radius 1 is 1.44 bits per heavy atom. The number of carbonyl (C=O) groups excluding carboxylic acids is 2. The molecule has 0 radical (unpaired) electrons. The summed E-state index contributed by atoms with van der Waals surface area (Å²) in [5.74, 6) is -0.628. The summed E-state index contributed by atoms with van der Waals surface area (Å²) in [5.41, 5.74) is 0.565. The van der Waals surface area contributed by atoms with E-state index in [2.05, 4.69) is 15.6 Å². The minimum atomic E-state index is -0.454. The van der Waals surface area contributed by atoms with E-state index >= 15 is 0 Å². The molecule has 0 aliphatic heterocycles. The first-order valence-corrected chi connectivity index (χ1v) is 5.69. The molecule has 6 heteroatoms. The van der Waals surface area contributed by atoms with Crippen LogP contribution < -0.4 is 10.6 Å². The molecular formula is C12H17N3O3. The fourth-order valence-corrected chi connectivity index (χ4v) is 1.32. The van der Waals surface area contributed by atoms with Crippen molar-refractivity contribution in [2.45, 2.75) is 19.4 Å². The molecule has 0 fully saturated rings. The molecule has 0 saturated carbocycles. The van der Waals surface area contributed by atoms with E-state index in [0.717, 1.165) is 0 Å². The first-order chi connectivity index (χ1) is 8.54. The van der Waals surface area contributed by atoms with Gasteiger partial charge in [-0.3, -0.25) is 14.6 Å². The number of pyridine rings is 1. The molecule has 1 heterocycles. The first kappa shape index (κ1) is 14.1. The van der Waals surface area contributed by atoms with Crippen molar-refractivity contribution >= 4 is 11.8 Å². The molecule has 0 aliphatic carbocycles. The second kappa shape index (κ2) is 6.70. The van der Waals surface area contributed by atoms with Crippen LogP contribution in [0.25, 0.3) is 0 Å². The molecule has 98 valence electrons.